The Labute approximate surface area is 105 Å². The van der Waals surface area contributed by atoms with Crippen LogP contribution in [0.3, 0.4) is 0 Å². The Kier molecular flexibility index (Phi) is 3.15. The second-order valence-electron chi connectivity index (χ2n) is 5.60. The second kappa shape index (κ2) is 4.09. The summed E-state index contributed by atoms with van der Waals surface area (Å²) in [4.78, 5) is 2.25. The molecular weight excluding hydrogens is 234 g/mol. The van der Waals surface area contributed by atoms with Gasteiger partial charge in [-0.25, -0.2) is 8.42 Å². The normalized spacial score (nSPS) is 37.6. The van der Waals surface area contributed by atoms with Crippen molar-refractivity contribution in [1.29, 1.82) is 0 Å². The fraction of sp³-hybridized carbons (Fsp3) is 0.846. The van der Waals surface area contributed by atoms with Crippen molar-refractivity contribution in [3.8, 4) is 0 Å². The maximum atomic E-state index is 12.4. The Bertz CT molecular complexity index is 421. The molecule has 17 heavy (non-hydrogen) atoms. The van der Waals surface area contributed by atoms with Crippen LogP contribution in [0.15, 0.2) is 12.2 Å². The molecule has 0 aromatic heterocycles. The predicted octanol–water partition coefficient (Wildman–Crippen LogP) is 1.85. The molecule has 0 unspecified atom stereocenters. The summed E-state index contributed by atoms with van der Waals surface area (Å²) in [6.45, 7) is 9.76. The summed E-state index contributed by atoms with van der Waals surface area (Å²) in [5.74, 6) is 0.295. The monoisotopic (exact) mass is 257 g/mol. The first-order valence-corrected chi connectivity index (χ1v) is 8.06. The number of hydrogen-bond donors (Lipinski definition) is 0. The van der Waals surface area contributed by atoms with Crippen molar-refractivity contribution < 1.29 is 8.42 Å². The van der Waals surface area contributed by atoms with Crippen molar-refractivity contribution in [2.75, 3.05) is 13.1 Å². The van der Waals surface area contributed by atoms with Crippen LogP contribution in [0.4, 0.5) is 0 Å². The topological polar surface area (TPSA) is 37.4 Å². The van der Waals surface area contributed by atoms with Gasteiger partial charge in [-0.3, -0.25) is 4.90 Å². The van der Waals surface area contributed by atoms with Gasteiger partial charge in [-0.2, -0.15) is 0 Å². The lowest BCUT2D eigenvalue weighted by atomic mass is 9.79. The average molecular weight is 257 g/mol. The molecule has 0 bridgehead atoms. The highest BCUT2D eigenvalue weighted by Crippen LogP contribution is 2.51. The zero-order chi connectivity index (χ0) is 12.8. The van der Waals surface area contributed by atoms with Crippen LogP contribution in [0.1, 0.15) is 34.1 Å². The van der Waals surface area contributed by atoms with Crippen molar-refractivity contribution in [2.24, 2.45) is 5.92 Å². The molecule has 0 saturated carbocycles. The van der Waals surface area contributed by atoms with Gasteiger partial charge in [0.05, 0.1) is 10.00 Å². The summed E-state index contributed by atoms with van der Waals surface area (Å²) >= 11 is 0. The number of allylic oxidation sites excluding steroid dienone is 1. The van der Waals surface area contributed by atoms with Crippen molar-refractivity contribution in [2.45, 2.75) is 50.2 Å². The largest absolute Gasteiger partial charge is 0.296 e. The van der Waals surface area contributed by atoms with Gasteiger partial charge in [0.1, 0.15) is 0 Å². The van der Waals surface area contributed by atoms with Gasteiger partial charge in [0.25, 0.3) is 0 Å². The van der Waals surface area contributed by atoms with Gasteiger partial charge in [-0.15, -0.1) is 0 Å². The first kappa shape index (κ1) is 13.1. The van der Waals surface area contributed by atoms with Gasteiger partial charge in [0.15, 0.2) is 9.84 Å². The number of rotatable bonds is 3. The van der Waals surface area contributed by atoms with Crippen LogP contribution in [0.2, 0.25) is 0 Å². The zero-order valence-electron chi connectivity index (χ0n) is 11.2. The summed E-state index contributed by atoms with van der Waals surface area (Å²) < 4.78 is 24.2. The summed E-state index contributed by atoms with van der Waals surface area (Å²) in [6.07, 6.45) is 5.18. The van der Waals surface area contributed by atoms with Crippen molar-refractivity contribution in [3.05, 3.63) is 12.2 Å². The summed E-state index contributed by atoms with van der Waals surface area (Å²) in [5.41, 5.74) is 0. The van der Waals surface area contributed by atoms with E-state index in [1.807, 2.05) is 13.8 Å². The minimum Gasteiger partial charge on any atom is -0.296 e. The van der Waals surface area contributed by atoms with Gasteiger partial charge < -0.3 is 0 Å². The van der Waals surface area contributed by atoms with E-state index < -0.39 is 14.6 Å². The summed E-state index contributed by atoms with van der Waals surface area (Å²) in [6, 6.07) is 0.0850. The third-order valence-corrected chi connectivity index (χ3v) is 7.77. The predicted molar refractivity (Wildman–Crippen MR) is 70.7 cm³/mol. The number of sulfone groups is 1. The fourth-order valence-corrected chi connectivity index (χ4v) is 6.04. The maximum Gasteiger partial charge on any atom is 0.160 e. The average Bonchev–Trinajstić information content (AvgIpc) is 2.30. The molecule has 2 rings (SSSR count). The Morgan fingerprint density at radius 1 is 1.29 bits per heavy atom. The highest BCUT2D eigenvalue weighted by molar-refractivity contribution is 7.95. The third-order valence-electron chi connectivity index (χ3n) is 4.68. The Morgan fingerprint density at radius 2 is 1.88 bits per heavy atom. The van der Waals surface area contributed by atoms with Crippen molar-refractivity contribution >= 4 is 9.84 Å². The van der Waals surface area contributed by atoms with E-state index >= 15 is 0 Å². The molecule has 98 valence electrons. The second-order valence-corrected chi connectivity index (χ2v) is 8.28. The molecule has 3 atom stereocenters. The van der Waals surface area contributed by atoms with Crippen LogP contribution in [-0.2, 0) is 9.84 Å². The van der Waals surface area contributed by atoms with Crippen LogP contribution >= 0.6 is 0 Å². The first-order valence-electron chi connectivity index (χ1n) is 6.52. The zero-order valence-corrected chi connectivity index (χ0v) is 12.0. The van der Waals surface area contributed by atoms with Crippen molar-refractivity contribution in [1.82, 2.24) is 4.90 Å². The van der Waals surface area contributed by atoms with E-state index in [-0.39, 0.29) is 11.3 Å². The van der Waals surface area contributed by atoms with E-state index in [0.29, 0.717) is 5.92 Å². The number of nitrogens with zero attached hydrogens (tertiary/aromatic N) is 1. The highest BCUT2D eigenvalue weighted by atomic mass is 32.2. The van der Waals surface area contributed by atoms with E-state index in [0.717, 1.165) is 19.5 Å². The van der Waals surface area contributed by atoms with E-state index in [9.17, 15) is 8.42 Å². The Balaban J connectivity index is 2.34. The molecule has 0 amide bonds. The lowest BCUT2D eigenvalue weighted by Gasteiger charge is -2.55. The minimum absolute atomic E-state index is 0.0850. The molecule has 1 fully saturated rings. The van der Waals surface area contributed by atoms with Crippen LogP contribution < -0.4 is 0 Å². The van der Waals surface area contributed by atoms with Crippen LogP contribution in [-0.4, -0.2) is 42.4 Å². The van der Waals surface area contributed by atoms with E-state index in [1.165, 1.54) is 0 Å². The molecule has 4 heteroatoms. The van der Waals surface area contributed by atoms with Crippen molar-refractivity contribution in [3.63, 3.8) is 0 Å². The standard InChI is InChI=1S/C13H23NO2S/c1-5-14(6-2)11-9-7-8-10-12(11)17(15,16)13(10,3)4/h7,9-12H,5-6,8H2,1-4H3/t10-,11-,12-/m1/s1. The molecule has 2 aliphatic rings. The van der Waals surface area contributed by atoms with Crippen LogP contribution in [0, 0.1) is 5.92 Å². The van der Waals surface area contributed by atoms with Gasteiger partial charge in [0.2, 0.25) is 0 Å². The lowest BCUT2D eigenvalue weighted by molar-refractivity contribution is 0.176. The number of hydrogen-bond acceptors (Lipinski definition) is 3. The smallest absolute Gasteiger partial charge is 0.160 e. The Hall–Kier alpha value is -0.350. The molecule has 1 aliphatic heterocycles. The van der Waals surface area contributed by atoms with Gasteiger partial charge >= 0.3 is 0 Å². The quantitative estimate of drug-likeness (QED) is 0.724. The first-order chi connectivity index (χ1) is 7.87. The fourth-order valence-electron chi connectivity index (χ4n) is 3.39. The molecule has 0 N–H and O–H groups in total. The molecule has 0 aromatic rings. The third kappa shape index (κ3) is 1.60. The van der Waals surface area contributed by atoms with Crippen LogP contribution in [0.25, 0.3) is 0 Å². The number of fused-ring (bicyclic) bond motifs is 1. The van der Waals surface area contributed by atoms with E-state index in [4.69, 9.17) is 0 Å². The minimum atomic E-state index is -2.97. The molecule has 0 aromatic carbocycles. The molecule has 1 heterocycles. The SMILES string of the molecule is CCN(CC)[C@@H]1C=CC[C@@H]2[C@H]1S(=O)(=O)C2(C)C. The van der Waals surface area contributed by atoms with E-state index in [1.54, 1.807) is 0 Å². The number of likely N-dealkylation sites (N-methyl/N-ethyl adjacent to an activating group) is 1. The molecular formula is C13H23NO2S. The highest BCUT2D eigenvalue weighted by Gasteiger charge is 2.64. The summed E-state index contributed by atoms with van der Waals surface area (Å²) in [5, 5.41) is -0.178. The van der Waals surface area contributed by atoms with E-state index in [2.05, 4.69) is 30.9 Å². The Morgan fingerprint density at radius 3 is 2.41 bits per heavy atom. The molecule has 0 radical (unpaired) electrons. The van der Waals surface area contributed by atoms with Gasteiger partial charge in [0, 0.05) is 6.04 Å². The molecule has 1 aliphatic carbocycles. The molecule has 0 spiro atoms. The van der Waals surface area contributed by atoms with Crippen LogP contribution in [0.5, 0.6) is 0 Å². The van der Waals surface area contributed by atoms with Gasteiger partial charge in [-0.05, 0) is 39.3 Å². The lowest BCUT2D eigenvalue weighted by Crippen LogP contribution is -2.69. The maximum absolute atomic E-state index is 12.4. The van der Waals surface area contributed by atoms with Gasteiger partial charge in [-0.1, -0.05) is 26.0 Å². The molecule has 3 nitrogen and oxygen atoms in total. The summed E-state index contributed by atoms with van der Waals surface area (Å²) in [7, 11) is -2.97. The molecule has 1 saturated heterocycles.